The Morgan fingerprint density at radius 3 is 2.72 bits per heavy atom. The molecule has 8 nitrogen and oxygen atoms in total. The lowest BCUT2D eigenvalue weighted by Gasteiger charge is -2.22. The zero-order chi connectivity index (χ0) is 21.4. The van der Waals surface area contributed by atoms with Gasteiger partial charge < -0.3 is 19.5 Å². The van der Waals surface area contributed by atoms with Crippen molar-refractivity contribution in [3.8, 4) is 0 Å². The highest BCUT2D eigenvalue weighted by molar-refractivity contribution is 7.89. The molecule has 0 saturated carbocycles. The topological polar surface area (TPSA) is 88.0 Å². The van der Waals surface area contributed by atoms with Crippen LogP contribution in [-0.2, 0) is 34.9 Å². The lowest BCUT2D eigenvalue weighted by molar-refractivity contribution is 0.204. The number of aliphatic imine (C=N–C) groups is 1. The maximum atomic E-state index is 12.4. The van der Waals surface area contributed by atoms with Crippen LogP contribution >= 0.6 is 11.6 Å². The van der Waals surface area contributed by atoms with Crippen LogP contribution in [0.1, 0.15) is 11.3 Å². The van der Waals surface area contributed by atoms with Gasteiger partial charge in [0.15, 0.2) is 5.96 Å². The van der Waals surface area contributed by atoms with E-state index in [2.05, 4.69) is 15.0 Å². The molecule has 0 saturated heterocycles. The lowest BCUT2D eigenvalue weighted by Crippen LogP contribution is -2.38. The van der Waals surface area contributed by atoms with Crippen LogP contribution in [0.2, 0.25) is 5.02 Å². The minimum absolute atomic E-state index is 0.217. The van der Waals surface area contributed by atoms with Gasteiger partial charge in [-0.05, 0) is 23.8 Å². The molecule has 0 atom stereocenters. The molecule has 1 heterocycles. The van der Waals surface area contributed by atoms with Gasteiger partial charge in [0.1, 0.15) is 0 Å². The first-order valence-electron chi connectivity index (χ1n) is 9.07. The summed E-state index contributed by atoms with van der Waals surface area (Å²) in [6.07, 6.45) is 1.85. The van der Waals surface area contributed by atoms with Crippen molar-refractivity contribution >= 4 is 27.6 Å². The van der Waals surface area contributed by atoms with E-state index < -0.39 is 10.0 Å². The Morgan fingerprint density at radius 2 is 2.10 bits per heavy atom. The Labute approximate surface area is 177 Å². The summed E-state index contributed by atoms with van der Waals surface area (Å²) in [6.45, 7) is 1.60. The monoisotopic (exact) mass is 441 g/mol. The van der Waals surface area contributed by atoms with Crippen molar-refractivity contribution in [2.45, 2.75) is 18.0 Å². The number of hydrogen-bond donors (Lipinski definition) is 2. The lowest BCUT2D eigenvalue weighted by atomic mass is 10.2. The van der Waals surface area contributed by atoms with Gasteiger partial charge in [-0.2, -0.15) is 0 Å². The first-order chi connectivity index (χ1) is 13.8. The number of ether oxygens (including phenoxy) is 1. The second kappa shape index (κ2) is 10.6. The van der Waals surface area contributed by atoms with Crippen LogP contribution in [0.5, 0.6) is 0 Å². The highest BCUT2D eigenvalue weighted by Gasteiger charge is 2.14. The third-order valence-electron chi connectivity index (χ3n) is 4.30. The molecule has 0 fully saturated rings. The fourth-order valence-corrected chi connectivity index (χ4v) is 4.15. The Morgan fingerprint density at radius 1 is 1.34 bits per heavy atom. The van der Waals surface area contributed by atoms with Crippen molar-refractivity contribution in [2.75, 3.05) is 34.4 Å². The molecular weight excluding hydrogens is 414 g/mol. The van der Waals surface area contributed by atoms with Crippen molar-refractivity contribution in [3.63, 3.8) is 0 Å². The van der Waals surface area contributed by atoms with Crippen molar-refractivity contribution < 1.29 is 13.2 Å². The molecule has 0 radical (unpaired) electrons. The van der Waals surface area contributed by atoms with Crippen LogP contribution < -0.4 is 10.0 Å². The van der Waals surface area contributed by atoms with E-state index in [1.54, 1.807) is 25.2 Å². The molecule has 2 N–H and O–H groups in total. The van der Waals surface area contributed by atoms with Crippen molar-refractivity contribution in [3.05, 3.63) is 52.8 Å². The standard InChI is InChI=1S/C19H28ClN5O3S/c1-21-19(25(3)14-17-11-16(20)13-24(17)2)22-12-15-6-5-7-18(10-15)29(26,27)23-8-9-28-4/h5-7,10-11,13,23H,8-9,12,14H2,1-4H3,(H,21,22). The van der Waals surface area contributed by atoms with E-state index in [-0.39, 0.29) is 11.4 Å². The first-order valence-corrected chi connectivity index (χ1v) is 10.9. The number of nitrogens with one attached hydrogen (secondary N) is 2. The fourth-order valence-electron chi connectivity index (χ4n) is 2.79. The van der Waals surface area contributed by atoms with Crippen molar-refractivity contribution in [1.82, 2.24) is 19.5 Å². The summed E-state index contributed by atoms with van der Waals surface area (Å²) >= 11 is 6.05. The van der Waals surface area contributed by atoms with Crippen LogP contribution in [0.4, 0.5) is 0 Å². The molecule has 0 bridgehead atoms. The highest BCUT2D eigenvalue weighted by Crippen LogP contribution is 2.15. The predicted molar refractivity (Wildman–Crippen MR) is 116 cm³/mol. The summed E-state index contributed by atoms with van der Waals surface area (Å²) < 4.78 is 34.1. The smallest absolute Gasteiger partial charge is 0.240 e. The highest BCUT2D eigenvalue weighted by atomic mass is 35.5. The molecule has 0 aliphatic heterocycles. The molecule has 1 aromatic heterocycles. The van der Waals surface area contributed by atoms with Gasteiger partial charge in [-0.15, -0.1) is 0 Å². The van der Waals surface area contributed by atoms with E-state index >= 15 is 0 Å². The van der Waals surface area contributed by atoms with Crippen LogP contribution in [0.25, 0.3) is 0 Å². The number of benzene rings is 1. The number of rotatable bonds is 9. The van der Waals surface area contributed by atoms with Crippen LogP contribution in [0, 0.1) is 0 Å². The van der Waals surface area contributed by atoms with Crippen molar-refractivity contribution in [2.24, 2.45) is 12.0 Å². The van der Waals surface area contributed by atoms with Gasteiger partial charge >= 0.3 is 0 Å². The van der Waals surface area contributed by atoms with E-state index in [9.17, 15) is 8.42 Å². The molecule has 0 amide bonds. The normalized spacial score (nSPS) is 12.2. The van der Waals surface area contributed by atoms with Crippen LogP contribution in [0.3, 0.4) is 0 Å². The second-order valence-corrected chi connectivity index (χ2v) is 8.76. The van der Waals surface area contributed by atoms with E-state index in [1.807, 2.05) is 41.9 Å². The number of guanidine groups is 1. The second-order valence-electron chi connectivity index (χ2n) is 6.56. The average Bonchev–Trinajstić information content (AvgIpc) is 2.99. The van der Waals surface area contributed by atoms with Gasteiger partial charge in [0, 0.05) is 53.2 Å². The number of hydrogen-bond acceptors (Lipinski definition) is 4. The Kier molecular flexibility index (Phi) is 8.51. The van der Waals surface area contributed by atoms with Gasteiger partial charge in [-0.1, -0.05) is 23.7 Å². The van der Waals surface area contributed by atoms with Gasteiger partial charge in [0.05, 0.1) is 23.1 Å². The van der Waals surface area contributed by atoms with E-state index in [4.69, 9.17) is 16.3 Å². The van der Waals surface area contributed by atoms with Gasteiger partial charge in [-0.25, -0.2) is 13.1 Å². The minimum atomic E-state index is -3.57. The van der Waals surface area contributed by atoms with Gasteiger partial charge in [-0.3, -0.25) is 4.99 Å². The summed E-state index contributed by atoms with van der Waals surface area (Å²) in [6, 6.07) is 8.72. The number of aryl methyl sites for hydroxylation is 1. The minimum Gasteiger partial charge on any atom is -0.383 e. The number of sulfonamides is 1. The van der Waals surface area contributed by atoms with E-state index in [0.29, 0.717) is 30.7 Å². The SMILES string of the molecule is CN=C(NCc1cccc(S(=O)(=O)NCCOC)c1)N(C)Cc1cc(Cl)cn1C. The molecule has 160 valence electrons. The maximum absolute atomic E-state index is 12.4. The van der Waals surface area contributed by atoms with Gasteiger partial charge in [0.25, 0.3) is 0 Å². The molecule has 0 aliphatic carbocycles. The molecule has 0 aliphatic rings. The van der Waals surface area contributed by atoms with Gasteiger partial charge in [0.2, 0.25) is 10.0 Å². The zero-order valence-corrected chi connectivity index (χ0v) is 18.7. The molecule has 29 heavy (non-hydrogen) atoms. The van der Waals surface area contributed by atoms with E-state index in [0.717, 1.165) is 11.3 Å². The zero-order valence-electron chi connectivity index (χ0n) is 17.1. The Hall–Kier alpha value is -2.07. The Bertz CT molecular complexity index is 943. The molecule has 10 heteroatoms. The summed E-state index contributed by atoms with van der Waals surface area (Å²) in [5.74, 6) is 0.689. The van der Waals surface area contributed by atoms with Crippen molar-refractivity contribution in [1.29, 1.82) is 0 Å². The summed E-state index contributed by atoms with van der Waals surface area (Å²) in [7, 11) is 3.53. The number of nitrogens with zero attached hydrogens (tertiary/aromatic N) is 3. The third-order valence-corrected chi connectivity index (χ3v) is 5.97. The molecule has 0 unspecified atom stereocenters. The largest absolute Gasteiger partial charge is 0.383 e. The quantitative estimate of drug-likeness (QED) is 0.352. The third kappa shape index (κ3) is 6.74. The molecular formula is C19H28ClN5O3S. The number of aromatic nitrogens is 1. The summed E-state index contributed by atoms with van der Waals surface area (Å²) in [5.41, 5.74) is 1.88. The molecule has 2 rings (SSSR count). The number of halogens is 1. The molecule has 2 aromatic rings. The molecule has 1 aromatic carbocycles. The predicted octanol–water partition coefficient (Wildman–Crippen LogP) is 1.81. The van der Waals surface area contributed by atoms with Crippen LogP contribution in [0.15, 0.2) is 46.4 Å². The van der Waals surface area contributed by atoms with E-state index in [1.165, 1.54) is 7.11 Å². The maximum Gasteiger partial charge on any atom is 0.240 e. The first kappa shape index (κ1) is 23.2. The fraction of sp³-hybridized carbons (Fsp3) is 0.421. The summed E-state index contributed by atoms with van der Waals surface area (Å²) in [4.78, 5) is 6.49. The Balaban J connectivity index is 2.01. The molecule has 0 spiro atoms. The summed E-state index contributed by atoms with van der Waals surface area (Å²) in [5, 5.41) is 3.95. The average molecular weight is 442 g/mol. The number of methoxy groups -OCH3 is 1. The van der Waals surface area contributed by atoms with Crippen LogP contribution in [-0.4, -0.2) is 58.2 Å².